The van der Waals surface area contributed by atoms with Gasteiger partial charge in [-0.25, -0.2) is 4.98 Å². The number of carbonyl (C=O) groups excluding carboxylic acids is 1. The first-order chi connectivity index (χ1) is 14.6. The number of nitrogens with zero attached hydrogens (tertiary/aromatic N) is 3. The maximum absolute atomic E-state index is 12.2. The third kappa shape index (κ3) is 4.64. The molecular weight excluding hydrogens is 419 g/mol. The fraction of sp³-hybridized carbons (Fsp3) is 0.174. The molecule has 0 unspecified atom stereocenters. The molecule has 0 spiro atoms. The van der Waals surface area contributed by atoms with Crippen molar-refractivity contribution in [3.63, 3.8) is 0 Å². The van der Waals surface area contributed by atoms with Gasteiger partial charge in [0.2, 0.25) is 0 Å². The molecule has 0 aliphatic heterocycles. The van der Waals surface area contributed by atoms with Gasteiger partial charge in [0.05, 0.1) is 23.1 Å². The molecule has 30 heavy (non-hydrogen) atoms. The fourth-order valence-electron chi connectivity index (χ4n) is 3.36. The number of imidazole rings is 1. The highest BCUT2D eigenvalue weighted by Gasteiger charge is 2.13. The van der Waals surface area contributed by atoms with Crippen LogP contribution in [0.2, 0.25) is 10.0 Å². The van der Waals surface area contributed by atoms with E-state index in [0.717, 1.165) is 35.3 Å². The van der Waals surface area contributed by atoms with Crippen LogP contribution < -0.4 is 5.32 Å². The minimum atomic E-state index is -0.121. The standard InChI is InChI=1S/C23H20Cl2N4O/c24-18-10-9-17(19(25)13-18)15-29-21-7-2-1-6-20(21)28-22(29)8-4-12-27-23(30)16-5-3-11-26-14-16/h1-3,5-7,9-11,13-14H,4,8,12,15H2,(H,27,30). The molecule has 4 rings (SSSR count). The number of fused-ring (bicyclic) bond motifs is 1. The molecule has 0 fully saturated rings. The van der Waals surface area contributed by atoms with E-state index in [1.165, 1.54) is 0 Å². The third-order valence-electron chi connectivity index (χ3n) is 4.86. The van der Waals surface area contributed by atoms with E-state index in [4.69, 9.17) is 28.2 Å². The highest BCUT2D eigenvalue weighted by molar-refractivity contribution is 6.35. The molecule has 0 aliphatic carbocycles. The first-order valence-corrected chi connectivity index (χ1v) is 10.4. The zero-order valence-electron chi connectivity index (χ0n) is 16.2. The molecule has 2 aromatic carbocycles. The summed E-state index contributed by atoms with van der Waals surface area (Å²) in [6, 6.07) is 17.1. The first kappa shape index (κ1) is 20.4. The van der Waals surface area contributed by atoms with Crippen molar-refractivity contribution in [2.75, 3.05) is 6.54 Å². The lowest BCUT2D eigenvalue weighted by Gasteiger charge is -2.11. The van der Waals surface area contributed by atoms with E-state index in [2.05, 4.69) is 20.9 Å². The Kier molecular flexibility index (Phi) is 6.31. The summed E-state index contributed by atoms with van der Waals surface area (Å²) in [5, 5.41) is 4.18. The summed E-state index contributed by atoms with van der Waals surface area (Å²) in [5.41, 5.74) is 3.53. The Bertz CT molecular complexity index is 1170. The monoisotopic (exact) mass is 438 g/mol. The molecule has 5 nitrogen and oxygen atoms in total. The number of hydrogen-bond donors (Lipinski definition) is 1. The number of pyridine rings is 1. The number of para-hydroxylation sites is 2. The Morgan fingerprint density at radius 3 is 2.73 bits per heavy atom. The zero-order chi connectivity index (χ0) is 20.9. The van der Waals surface area contributed by atoms with Gasteiger partial charge in [-0.2, -0.15) is 0 Å². The summed E-state index contributed by atoms with van der Waals surface area (Å²) in [5.74, 6) is 0.836. The summed E-state index contributed by atoms with van der Waals surface area (Å²) in [7, 11) is 0. The van der Waals surface area contributed by atoms with Crippen molar-refractivity contribution < 1.29 is 4.79 Å². The van der Waals surface area contributed by atoms with Gasteiger partial charge in [0.15, 0.2) is 0 Å². The SMILES string of the molecule is O=C(NCCCc1nc2ccccc2n1Cc1ccc(Cl)cc1Cl)c1cccnc1. The summed E-state index contributed by atoms with van der Waals surface area (Å²) in [6.07, 6.45) is 4.70. The molecule has 0 atom stereocenters. The lowest BCUT2D eigenvalue weighted by Crippen LogP contribution is -2.25. The second-order valence-corrected chi connectivity index (χ2v) is 7.78. The summed E-state index contributed by atoms with van der Waals surface area (Å²) in [4.78, 5) is 21.0. The van der Waals surface area contributed by atoms with Gasteiger partial charge in [-0.1, -0.05) is 41.4 Å². The minimum absolute atomic E-state index is 0.121. The van der Waals surface area contributed by atoms with E-state index in [1.54, 1.807) is 30.6 Å². The van der Waals surface area contributed by atoms with Crippen LogP contribution in [0.25, 0.3) is 11.0 Å². The lowest BCUT2D eigenvalue weighted by atomic mass is 10.2. The van der Waals surface area contributed by atoms with Crippen LogP contribution >= 0.6 is 23.2 Å². The van der Waals surface area contributed by atoms with E-state index < -0.39 is 0 Å². The molecule has 0 saturated carbocycles. The number of halogens is 2. The highest BCUT2D eigenvalue weighted by atomic mass is 35.5. The van der Waals surface area contributed by atoms with Crippen molar-refractivity contribution in [2.45, 2.75) is 19.4 Å². The van der Waals surface area contributed by atoms with Crippen molar-refractivity contribution in [3.8, 4) is 0 Å². The molecule has 0 bridgehead atoms. The van der Waals surface area contributed by atoms with E-state index >= 15 is 0 Å². The van der Waals surface area contributed by atoms with Crippen LogP contribution in [0.4, 0.5) is 0 Å². The van der Waals surface area contributed by atoms with Crippen LogP contribution in [0.15, 0.2) is 67.0 Å². The van der Waals surface area contributed by atoms with Crippen molar-refractivity contribution in [1.29, 1.82) is 0 Å². The van der Waals surface area contributed by atoms with Crippen molar-refractivity contribution in [1.82, 2.24) is 19.9 Å². The van der Waals surface area contributed by atoms with E-state index in [9.17, 15) is 4.79 Å². The van der Waals surface area contributed by atoms with Crippen molar-refractivity contribution in [2.24, 2.45) is 0 Å². The van der Waals surface area contributed by atoms with Gasteiger partial charge in [0.1, 0.15) is 5.82 Å². The quantitative estimate of drug-likeness (QED) is 0.405. The molecule has 2 aromatic heterocycles. The smallest absolute Gasteiger partial charge is 0.252 e. The number of aryl methyl sites for hydroxylation is 1. The average molecular weight is 439 g/mol. The molecule has 1 amide bonds. The average Bonchev–Trinajstić information content (AvgIpc) is 3.11. The number of nitrogens with one attached hydrogen (secondary N) is 1. The predicted molar refractivity (Wildman–Crippen MR) is 120 cm³/mol. The Balaban J connectivity index is 1.48. The Morgan fingerprint density at radius 2 is 1.93 bits per heavy atom. The van der Waals surface area contributed by atoms with Gasteiger partial charge in [-0.05, 0) is 48.4 Å². The highest BCUT2D eigenvalue weighted by Crippen LogP contribution is 2.25. The van der Waals surface area contributed by atoms with Crippen molar-refractivity contribution in [3.05, 3.63) is 94.0 Å². The molecule has 7 heteroatoms. The summed E-state index contributed by atoms with van der Waals surface area (Å²) >= 11 is 12.4. The van der Waals surface area contributed by atoms with Gasteiger partial charge in [-0.15, -0.1) is 0 Å². The Hall–Kier alpha value is -2.89. The van der Waals surface area contributed by atoms with E-state index in [1.807, 2.05) is 30.3 Å². The molecule has 0 aliphatic rings. The van der Waals surface area contributed by atoms with Gasteiger partial charge < -0.3 is 9.88 Å². The van der Waals surface area contributed by atoms with E-state index in [-0.39, 0.29) is 5.91 Å². The molecule has 152 valence electrons. The molecule has 1 N–H and O–H groups in total. The Labute approximate surface area is 184 Å². The summed E-state index contributed by atoms with van der Waals surface area (Å²) in [6.45, 7) is 1.16. The largest absolute Gasteiger partial charge is 0.352 e. The summed E-state index contributed by atoms with van der Waals surface area (Å²) < 4.78 is 2.17. The van der Waals surface area contributed by atoms with Gasteiger partial charge in [0, 0.05) is 35.4 Å². The third-order valence-corrected chi connectivity index (χ3v) is 5.45. The predicted octanol–water partition coefficient (Wildman–Crippen LogP) is 5.15. The molecule has 0 saturated heterocycles. The number of aromatic nitrogens is 3. The molecular formula is C23H20Cl2N4O. The number of hydrogen-bond acceptors (Lipinski definition) is 3. The second kappa shape index (κ2) is 9.28. The van der Waals surface area contributed by atoms with Gasteiger partial charge in [-0.3, -0.25) is 9.78 Å². The number of amides is 1. The maximum atomic E-state index is 12.2. The normalized spacial score (nSPS) is 11.0. The van der Waals surface area contributed by atoms with Crippen LogP contribution in [0, 0.1) is 0 Å². The van der Waals surface area contributed by atoms with Crippen LogP contribution in [-0.4, -0.2) is 27.0 Å². The first-order valence-electron chi connectivity index (χ1n) is 9.68. The van der Waals surface area contributed by atoms with Crippen LogP contribution in [0.1, 0.15) is 28.2 Å². The number of rotatable bonds is 7. The van der Waals surface area contributed by atoms with E-state index in [0.29, 0.717) is 28.7 Å². The number of carbonyl (C=O) groups is 1. The van der Waals surface area contributed by atoms with Crippen LogP contribution in [-0.2, 0) is 13.0 Å². The zero-order valence-corrected chi connectivity index (χ0v) is 17.7. The molecule has 0 radical (unpaired) electrons. The number of benzene rings is 2. The fourth-order valence-corrected chi connectivity index (χ4v) is 3.83. The minimum Gasteiger partial charge on any atom is -0.352 e. The van der Waals surface area contributed by atoms with Crippen LogP contribution in [0.3, 0.4) is 0 Å². The van der Waals surface area contributed by atoms with Gasteiger partial charge in [0.25, 0.3) is 5.91 Å². The second-order valence-electron chi connectivity index (χ2n) is 6.94. The molecule has 2 heterocycles. The topological polar surface area (TPSA) is 59.8 Å². The maximum Gasteiger partial charge on any atom is 0.252 e. The Morgan fingerprint density at radius 1 is 1.07 bits per heavy atom. The van der Waals surface area contributed by atoms with Crippen molar-refractivity contribution >= 4 is 40.1 Å². The lowest BCUT2D eigenvalue weighted by molar-refractivity contribution is 0.0953. The van der Waals surface area contributed by atoms with Crippen LogP contribution in [0.5, 0.6) is 0 Å². The molecule has 4 aromatic rings. The van der Waals surface area contributed by atoms with Gasteiger partial charge >= 0.3 is 0 Å².